The summed E-state index contributed by atoms with van der Waals surface area (Å²) in [4.78, 5) is 15.3. The first-order valence-corrected chi connectivity index (χ1v) is 7.16. The lowest BCUT2D eigenvalue weighted by Gasteiger charge is -2.22. The zero-order chi connectivity index (χ0) is 15.8. The quantitative estimate of drug-likeness (QED) is 0.733. The van der Waals surface area contributed by atoms with Crippen molar-refractivity contribution in [3.05, 3.63) is 29.3 Å². The predicted octanol–water partition coefficient (Wildman–Crippen LogP) is 1.26. The summed E-state index contributed by atoms with van der Waals surface area (Å²) in [5, 5.41) is 3.34. The number of carbonyl (C=O) groups excluding carboxylic acids is 1. The van der Waals surface area contributed by atoms with E-state index >= 15 is 0 Å². The highest BCUT2D eigenvalue weighted by Crippen LogP contribution is 2.18. The standard InChI is InChI=1S/C16H27N3O2/c1-13-10-15(19(4)12-16(20)18(2)3)7-6-14(13)11-17-8-9-21-5/h6-7,10,17H,8-9,11-12H2,1-5H3. The van der Waals surface area contributed by atoms with E-state index in [1.807, 2.05) is 11.9 Å². The second kappa shape index (κ2) is 8.64. The molecule has 0 aromatic heterocycles. The second-order valence-corrected chi connectivity index (χ2v) is 5.42. The smallest absolute Gasteiger partial charge is 0.241 e. The summed E-state index contributed by atoms with van der Waals surface area (Å²) in [7, 11) is 7.19. The van der Waals surface area contributed by atoms with Crippen LogP contribution in [-0.4, -0.2) is 58.8 Å². The monoisotopic (exact) mass is 293 g/mol. The second-order valence-electron chi connectivity index (χ2n) is 5.42. The molecule has 118 valence electrons. The number of hydrogen-bond acceptors (Lipinski definition) is 4. The third kappa shape index (κ3) is 5.73. The van der Waals surface area contributed by atoms with Crippen molar-refractivity contribution >= 4 is 11.6 Å². The Morgan fingerprint density at radius 3 is 2.57 bits per heavy atom. The van der Waals surface area contributed by atoms with Crippen molar-refractivity contribution in [3.63, 3.8) is 0 Å². The maximum Gasteiger partial charge on any atom is 0.241 e. The van der Waals surface area contributed by atoms with Gasteiger partial charge in [-0.1, -0.05) is 6.07 Å². The Morgan fingerprint density at radius 1 is 1.29 bits per heavy atom. The molecule has 0 fully saturated rings. The number of likely N-dealkylation sites (N-methyl/N-ethyl adjacent to an activating group) is 2. The number of anilines is 1. The molecule has 0 heterocycles. The van der Waals surface area contributed by atoms with Gasteiger partial charge in [0.15, 0.2) is 0 Å². The van der Waals surface area contributed by atoms with E-state index in [2.05, 4.69) is 30.4 Å². The first-order valence-electron chi connectivity index (χ1n) is 7.16. The number of nitrogens with one attached hydrogen (secondary N) is 1. The van der Waals surface area contributed by atoms with Crippen LogP contribution in [0.15, 0.2) is 18.2 Å². The van der Waals surface area contributed by atoms with Crippen molar-refractivity contribution in [2.45, 2.75) is 13.5 Å². The molecule has 1 amide bonds. The average Bonchev–Trinajstić information content (AvgIpc) is 2.44. The van der Waals surface area contributed by atoms with E-state index < -0.39 is 0 Å². The molecule has 0 bridgehead atoms. The van der Waals surface area contributed by atoms with Gasteiger partial charge in [-0.3, -0.25) is 4.79 Å². The molecule has 0 saturated carbocycles. The molecular weight excluding hydrogens is 266 g/mol. The summed E-state index contributed by atoms with van der Waals surface area (Å²) in [6.45, 7) is 4.87. The number of aryl methyl sites for hydroxylation is 1. The third-order valence-corrected chi connectivity index (χ3v) is 3.44. The zero-order valence-corrected chi connectivity index (χ0v) is 13.8. The third-order valence-electron chi connectivity index (χ3n) is 3.44. The largest absolute Gasteiger partial charge is 0.383 e. The van der Waals surface area contributed by atoms with Gasteiger partial charge in [-0.25, -0.2) is 0 Å². The van der Waals surface area contributed by atoms with E-state index in [0.717, 1.165) is 18.8 Å². The number of methoxy groups -OCH3 is 1. The Hall–Kier alpha value is -1.59. The fourth-order valence-corrected chi connectivity index (χ4v) is 1.95. The molecule has 0 aliphatic rings. The Labute approximate surface area is 127 Å². The molecule has 21 heavy (non-hydrogen) atoms. The van der Waals surface area contributed by atoms with Crippen LogP contribution in [0.1, 0.15) is 11.1 Å². The fraction of sp³-hybridized carbons (Fsp3) is 0.562. The molecule has 0 aliphatic heterocycles. The number of nitrogens with zero attached hydrogens (tertiary/aromatic N) is 2. The van der Waals surface area contributed by atoms with Gasteiger partial charge in [-0.15, -0.1) is 0 Å². The predicted molar refractivity (Wildman–Crippen MR) is 86.7 cm³/mol. The first-order chi connectivity index (χ1) is 9.95. The average molecular weight is 293 g/mol. The number of amides is 1. The number of hydrogen-bond donors (Lipinski definition) is 1. The Bertz CT molecular complexity index is 461. The van der Waals surface area contributed by atoms with Crippen LogP contribution in [0.2, 0.25) is 0 Å². The first kappa shape index (κ1) is 17.5. The minimum Gasteiger partial charge on any atom is -0.383 e. The van der Waals surface area contributed by atoms with Crippen molar-refractivity contribution in [1.82, 2.24) is 10.2 Å². The summed E-state index contributed by atoms with van der Waals surface area (Å²) in [6.07, 6.45) is 0. The van der Waals surface area contributed by atoms with E-state index in [9.17, 15) is 4.79 Å². The number of carbonyl (C=O) groups is 1. The zero-order valence-electron chi connectivity index (χ0n) is 13.8. The Kier molecular flexibility index (Phi) is 7.19. The van der Waals surface area contributed by atoms with Gasteiger partial charge in [-0.05, 0) is 30.2 Å². The maximum absolute atomic E-state index is 11.7. The van der Waals surface area contributed by atoms with Crippen LogP contribution in [0.4, 0.5) is 5.69 Å². The lowest BCUT2D eigenvalue weighted by Crippen LogP contribution is -2.34. The summed E-state index contributed by atoms with van der Waals surface area (Å²) >= 11 is 0. The summed E-state index contributed by atoms with van der Waals surface area (Å²) in [5.74, 6) is 0.0976. The molecule has 1 rings (SSSR count). The highest BCUT2D eigenvalue weighted by Gasteiger charge is 2.10. The van der Waals surface area contributed by atoms with Gasteiger partial charge in [0.1, 0.15) is 0 Å². The van der Waals surface area contributed by atoms with E-state index in [4.69, 9.17) is 4.74 Å². The van der Waals surface area contributed by atoms with Gasteiger partial charge >= 0.3 is 0 Å². The van der Waals surface area contributed by atoms with Gasteiger partial charge in [-0.2, -0.15) is 0 Å². The van der Waals surface area contributed by atoms with Gasteiger partial charge in [0.05, 0.1) is 13.2 Å². The van der Waals surface area contributed by atoms with Crippen LogP contribution < -0.4 is 10.2 Å². The molecule has 5 nitrogen and oxygen atoms in total. The summed E-state index contributed by atoms with van der Waals surface area (Å²) in [6, 6.07) is 6.29. The van der Waals surface area contributed by atoms with Gasteiger partial charge in [0.25, 0.3) is 0 Å². The Morgan fingerprint density at radius 2 is 2.00 bits per heavy atom. The van der Waals surface area contributed by atoms with E-state index in [1.165, 1.54) is 11.1 Å². The molecule has 1 N–H and O–H groups in total. The van der Waals surface area contributed by atoms with Crippen LogP contribution in [-0.2, 0) is 16.1 Å². The minimum absolute atomic E-state index is 0.0976. The maximum atomic E-state index is 11.7. The SMILES string of the molecule is COCCNCc1ccc(N(C)CC(=O)N(C)C)cc1C. The molecule has 5 heteroatoms. The van der Waals surface area contributed by atoms with Crippen LogP contribution in [0, 0.1) is 6.92 Å². The lowest BCUT2D eigenvalue weighted by molar-refractivity contribution is -0.127. The highest BCUT2D eigenvalue weighted by molar-refractivity contribution is 5.80. The van der Waals surface area contributed by atoms with E-state index in [0.29, 0.717) is 13.2 Å². The summed E-state index contributed by atoms with van der Waals surface area (Å²) in [5.41, 5.74) is 3.55. The van der Waals surface area contributed by atoms with Gasteiger partial charge in [0, 0.05) is 47.0 Å². The van der Waals surface area contributed by atoms with Crippen molar-refractivity contribution in [2.24, 2.45) is 0 Å². The van der Waals surface area contributed by atoms with Crippen molar-refractivity contribution in [3.8, 4) is 0 Å². The molecule has 0 atom stereocenters. The molecule has 0 spiro atoms. The molecule has 0 unspecified atom stereocenters. The van der Waals surface area contributed by atoms with Crippen molar-refractivity contribution in [1.29, 1.82) is 0 Å². The van der Waals surface area contributed by atoms with Crippen LogP contribution in [0.3, 0.4) is 0 Å². The van der Waals surface area contributed by atoms with Crippen molar-refractivity contribution in [2.75, 3.05) is 52.8 Å². The number of benzene rings is 1. The molecule has 0 saturated heterocycles. The van der Waals surface area contributed by atoms with Crippen LogP contribution in [0.25, 0.3) is 0 Å². The van der Waals surface area contributed by atoms with E-state index in [1.54, 1.807) is 26.1 Å². The molecule has 1 aromatic carbocycles. The van der Waals surface area contributed by atoms with Crippen LogP contribution in [0.5, 0.6) is 0 Å². The van der Waals surface area contributed by atoms with Crippen LogP contribution >= 0.6 is 0 Å². The number of rotatable bonds is 8. The molecule has 0 radical (unpaired) electrons. The fourth-order valence-electron chi connectivity index (χ4n) is 1.95. The van der Waals surface area contributed by atoms with E-state index in [-0.39, 0.29) is 5.91 Å². The molecular formula is C16H27N3O2. The highest BCUT2D eigenvalue weighted by atomic mass is 16.5. The van der Waals surface area contributed by atoms with Gasteiger partial charge < -0.3 is 19.9 Å². The Balaban J connectivity index is 2.62. The molecule has 1 aromatic rings. The number of ether oxygens (including phenoxy) is 1. The minimum atomic E-state index is 0.0976. The van der Waals surface area contributed by atoms with Gasteiger partial charge in [0.2, 0.25) is 5.91 Å². The summed E-state index contributed by atoms with van der Waals surface area (Å²) < 4.78 is 5.01. The lowest BCUT2D eigenvalue weighted by atomic mass is 10.1. The van der Waals surface area contributed by atoms with Crippen molar-refractivity contribution < 1.29 is 9.53 Å². The molecule has 0 aliphatic carbocycles. The topological polar surface area (TPSA) is 44.8 Å². The normalized spacial score (nSPS) is 10.5.